The third-order valence-corrected chi connectivity index (χ3v) is 4.16. The molecule has 1 atom stereocenters. The van der Waals surface area contributed by atoms with Gasteiger partial charge in [0.05, 0.1) is 11.8 Å². The quantitative estimate of drug-likeness (QED) is 0.631. The van der Waals surface area contributed by atoms with Crippen LogP contribution >= 0.6 is 27.7 Å². The Morgan fingerprint density at radius 1 is 1.47 bits per heavy atom. The van der Waals surface area contributed by atoms with E-state index in [1.165, 1.54) is 0 Å². The van der Waals surface area contributed by atoms with E-state index in [2.05, 4.69) is 46.2 Å². The molecule has 1 unspecified atom stereocenters. The van der Waals surface area contributed by atoms with Crippen LogP contribution in [-0.4, -0.2) is 18.1 Å². The molecule has 0 aliphatic rings. The Morgan fingerprint density at radius 2 is 2.32 bits per heavy atom. The first-order chi connectivity index (χ1) is 9.20. The van der Waals surface area contributed by atoms with E-state index < -0.39 is 0 Å². The SMILES string of the molecule is C#CCSCCNC(C)c1cc2cc(Br)ccc2o1. The molecule has 0 saturated carbocycles. The van der Waals surface area contributed by atoms with Gasteiger partial charge >= 0.3 is 0 Å². The number of hydrogen-bond acceptors (Lipinski definition) is 3. The lowest BCUT2D eigenvalue weighted by molar-refractivity contribution is 0.460. The number of terminal acetylenes is 1. The van der Waals surface area contributed by atoms with E-state index in [0.29, 0.717) is 0 Å². The molecule has 0 radical (unpaired) electrons. The highest BCUT2D eigenvalue weighted by atomic mass is 79.9. The van der Waals surface area contributed by atoms with Crippen LogP contribution in [0.15, 0.2) is 33.2 Å². The lowest BCUT2D eigenvalue weighted by Gasteiger charge is -2.10. The maximum atomic E-state index is 5.84. The van der Waals surface area contributed by atoms with Crippen LogP contribution < -0.4 is 5.32 Å². The molecule has 0 aliphatic carbocycles. The maximum Gasteiger partial charge on any atom is 0.134 e. The highest BCUT2D eigenvalue weighted by Gasteiger charge is 2.10. The van der Waals surface area contributed by atoms with Gasteiger partial charge in [-0.15, -0.1) is 18.2 Å². The highest BCUT2D eigenvalue weighted by molar-refractivity contribution is 9.10. The van der Waals surface area contributed by atoms with Crippen LogP contribution in [0.5, 0.6) is 0 Å². The molecule has 0 aliphatic heterocycles. The Hall–Kier alpha value is -0.890. The van der Waals surface area contributed by atoms with E-state index in [-0.39, 0.29) is 6.04 Å². The van der Waals surface area contributed by atoms with Crippen molar-refractivity contribution in [2.45, 2.75) is 13.0 Å². The molecule has 19 heavy (non-hydrogen) atoms. The molecule has 4 heteroatoms. The number of thioether (sulfide) groups is 1. The zero-order valence-corrected chi connectivity index (χ0v) is 13.2. The van der Waals surface area contributed by atoms with E-state index in [1.54, 1.807) is 11.8 Å². The molecule has 1 aromatic carbocycles. The molecule has 0 bridgehead atoms. The van der Waals surface area contributed by atoms with Gasteiger partial charge in [0.25, 0.3) is 0 Å². The molecule has 2 aromatic rings. The monoisotopic (exact) mass is 337 g/mol. The van der Waals surface area contributed by atoms with E-state index in [0.717, 1.165) is 39.3 Å². The van der Waals surface area contributed by atoms with Gasteiger partial charge in [-0.1, -0.05) is 21.9 Å². The van der Waals surface area contributed by atoms with Gasteiger partial charge in [-0.25, -0.2) is 0 Å². The normalized spacial score (nSPS) is 12.5. The predicted molar refractivity (Wildman–Crippen MR) is 86.5 cm³/mol. The average Bonchev–Trinajstić information content (AvgIpc) is 2.81. The molecule has 1 aromatic heterocycles. The molecule has 100 valence electrons. The van der Waals surface area contributed by atoms with Gasteiger partial charge in [-0.3, -0.25) is 0 Å². The first-order valence-corrected chi connectivity index (χ1v) is 8.09. The Labute approximate surface area is 126 Å². The van der Waals surface area contributed by atoms with E-state index >= 15 is 0 Å². The van der Waals surface area contributed by atoms with Crippen LogP contribution in [0, 0.1) is 12.3 Å². The summed E-state index contributed by atoms with van der Waals surface area (Å²) >= 11 is 5.23. The van der Waals surface area contributed by atoms with Crippen molar-refractivity contribution in [1.29, 1.82) is 0 Å². The van der Waals surface area contributed by atoms with Crippen molar-refractivity contribution in [2.75, 3.05) is 18.1 Å². The first-order valence-electron chi connectivity index (χ1n) is 6.14. The topological polar surface area (TPSA) is 25.2 Å². The first kappa shape index (κ1) is 14.5. The minimum absolute atomic E-state index is 0.206. The van der Waals surface area contributed by atoms with E-state index in [1.807, 2.05) is 12.1 Å². The van der Waals surface area contributed by atoms with Crippen molar-refractivity contribution >= 4 is 38.7 Å². The second-order valence-electron chi connectivity index (χ2n) is 4.26. The molecular formula is C15H16BrNOS. The average molecular weight is 338 g/mol. The summed E-state index contributed by atoms with van der Waals surface area (Å²) < 4.78 is 6.91. The Bertz CT molecular complexity index is 587. The summed E-state index contributed by atoms with van der Waals surface area (Å²) in [6.45, 7) is 3.03. The minimum Gasteiger partial charge on any atom is -0.459 e. The number of nitrogens with one attached hydrogen (secondary N) is 1. The number of benzene rings is 1. The number of rotatable bonds is 6. The third-order valence-electron chi connectivity index (χ3n) is 2.81. The van der Waals surface area contributed by atoms with Gasteiger partial charge in [0.2, 0.25) is 0 Å². The molecule has 2 nitrogen and oxygen atoms in total. The van der Waals surface area contributed by atoms with E-state index in [4.69, 9.17) is 10.8 Å². The number of hydrogen-bond donors (Lipinski definition) is 1. The number of fused-ring (bicyclic) bond motifs is 1. The predicted octanol–water partition coefficient (Wildman–Crippen LogP) is 4.21. The summed E-state index contributed by atoms with van der Waals surface area (Å²) in [7, 11) is 0. The van der Waals surface area contributed by atoms with Crippen molar-refractivity contribution in [3.63, 3.8) is 0 Å². The lowest BCUT2D eigenvalue weighted by Crippen LogP contribution is -2.20. The molecule has 1 N–H and O–H groups in total. The minimum atomic E-state index is 0.206. The third kappa shape index (κ3) is 4.04. The smallest absolute Gasteiger partial charge is 0.134 e. The lowest BCUT2D eigenvalue weighted by atomic mass is 10.2. The van der Waals surface area contributed by atoms with Gasteiger partial charge in [-0.2, -0.15) is 0 Å². The zero-order chi connectivity index (χ0) is 13.7. The van der Waals surface area contributed by atoms with Crippen LogP contribution in [0.3, 0.4) is 0 Å². The van der Waals surface area contributed by atoms with Gasteiger partial charge in [-0.05, 0) is 31.2 Å². The number of halogens is 1. The van der Waals surface area contributed by atoms with Gasteiger partial charge < -0.3 is 9.73 Å². The molecular weight excluding hydrogens is 322 g/mol. The van der Waals surface area contributed by atoms with Gasteiger partial charge in [0, 0.05) is 22.2 Å². The van der Waals surface area contributed by atoms with Crippen molar-refractivity contribution in [3.05, 3.63) is 34.5 Å². The summed E-state index contributed by atoms with van der Waals surface area (Å²) in [4.78, 5) is 0. The Kier molecular flexibility index (Phi) is 5.38. The summed E-state index contributed by atoms with van der Waals surface area (Å²) in [5.41, 5.74) is 0.925. The van der Waals surface area contributed by atoms with Crippen molar-refractivity contribution in [1.82, 2.24) is 5.32 Å². The molecule has 0 amide bonds. The summed E-state index contributed by atoms with van der Waals surface area (Å²) in [6, 6.07) is 8.34. The van der Waals surface area contributed by atoms with Crippen molar-refractivity contribution < 1.29 is 4.42 Å². The van der Waals surface area contributed by atoms with Crippen LogP contribution in [0.25, 0.3) is 11.0 Å². The Balaban J connectivity index is 1.94. The summed E-state index contributed by atoms with van der Waals surface area (Å²) in [5.74, 6) is 5.38. The molecule has 0 saturated heterocycles. The molecule has 2 rings (SSSR count). The fraction of sp³-hybridized carbons (Fsp3) is 0.333. The largest absolute Gasteiger partial charge is 0.459 e. The van der Waals surface area contributed by atoms with Crippen molar-refractivity contribution in [2.24, 2.45) is 0 Å². The van der Waals surface area contributed by atoms with E-state index in [9.17, 15) is 0 Å². The second kappa shape index (κ2) is 7.04. The van der Waals surface area contributed by atoms with Crippen LogP contribution in [0.1, 0.15) is 18.7 Å². The maximum absolute atomic E-state index is 5.84. The standard InChI is InChI=1S/C15H16BrNOS/c1-3-7-19-8-6-17-11(2)15-10-12-9-13(16)4-5-14(12)18-15/h1,4-5,9-11,17H,6-8H2,2H3. The van der Waals surface area contributed by atoms with Crippen molar-refractivity contribution in [3.8, 4) is 12.3 Å². The zero-order valence-electron chi connectivity index (χ0n) is 10.8. The molecule has 0 fully saturated rings. The molecule has 0 spiro atoms. The van der Waals surface area contributed by atoms with Gasteiger partial charge in [0.1, 0.15) is 11.3 Å². The van der Waals surface area contributed by atoms with Gasteiger partial charge in [0.15, 0.2) is 0 Å². The summed E-state index contributed by atoms with van der Waals surface area (Å²) in [5, 5.41) is 4.56. The Morgan fingerprint density at radius 3 is 3.11 bits per heavy atom. The number of furan rings is 1. The highest BCUT2D eigenvalue weighted by Crippen LogP contribution is 2.26. The summed E-state index contributed by atoms with van der Waals surface area (Å²) in [6.07, 6.45) is 5.21. The molecule has 1 heterocycles. The fourth-order valence-electron chi connectivity index (χ4n) is 1.83. The second-order valence-corrected chi connectivity index (χ2v) is 6.28. The van der Waals surface area contributed by atoms with Crippen LogP contribution in [-0.2, 0) is 0 Å². The fourth-order valence-corrected chi connectivity index (χ4v) is 2.73. The van der Waals surface area contributed by atoms with Crippen LogP contribution in [0.2, 0.25) is 0 Å². The van der Waals surface area contributed by atoms with Crippen LogP contribution in [0.4, 0.5) is 0 Å².